The van der Waals surface area contributed by atoms with E-state index in [0.29, 0.717) is 11.8 Å². The fourth-order valence-electron chi connectivity index (χ4n) is 1.76. The maximum absolute atomic E-state index is 13.3. The van der Waals surface area contributed by atoms with Crippen molar-refractivity contribution in [3.05, 3.63) is 64.2 Å². The zero-order chi connectivity index (χ0) is 15.6. The van der Waals surface area contributed by atoms with Crippen LogP contribution in [0.4, 0.5) is 17.6 Å². The van der Waals surface area contributed by atoms with E-state index in [0.717, 1.165) is 18.2 Å². The van der Waals surface area contributed by atoms with Crippen LogP contribution in [0.25, 0.3) is 0 Å². The summed E-state index contributed by atoms with van der Waals surface area (Å²) in [6.45, 7) is 0. The average molecular weight is 320 g/mol. The van der Waals surface area contributed by atoms with Gasteiger partial charge in [0.2, 0.25) is 0 Å². The predicted octanol–water partition coefficient (Wildman–Crippen LogP) is 4.17. The summed E-state index contributed by atoms with van der Waals surface area (Å²) in [5.74, 6) is -0.623. The number of hydrogen-bond donors (Lipinski definition) is 1. The molecule has 21 heavy (non-hydrogen) atoms. The molecule has 0 fully saturated rings. The minimum Gasteiger partial charge on any atom is -0.386 e. The second-order valence-electron chi connectivity index (χ2n) is 4.44. The topological polar surface area (TPSA) is 33.1 Å². The Labute approximate surface area is 123 Å². The van der Waals surface area contributed by atoms with E-state index in [-0.39, 0.29) is 17.1 Å². The molecule has 0 amide bonds. The molecule has 2 rings (SSSR count). The number of benzene rings is 1. The summed E-state index contributed by atoms with van der Waals surface area (Å²) >= 11 is 5.54. The van der Waals surface area contributed by atoms with Crippen molar-refractivity contribution < 1.29 is 22.7 Å². The van der Waals surface area contributed by atoms with Crippen LogP contribution < -0.4 is 0 Å². The second kappa shape index (κ2) is 5.99. The van der Waals surface area contributed by atoms with Crippen molar-refractivity contribution in [1.29, 1.82) is 0 Å². The smallest absolute Gasteiger partial charge is 0.386 e. The lowest BCUT2D eigenvalue weighted by Gasteiger charge is -2.12. The number of aliphatic hydroxyl groups excluding tert-OH is 1. The molecule has 1 aromatic heterocycles. The summed E-state index contributed by atoms with van der Waals surface area (Å²) in [4.78, 5) is 3.59. The monoisotopic (exact) mass is 319 g/mol. The number of alkyl halides is 3. The first-order valence-electron chi connectivity index (χ1n) is 5.92. The third-order valence-electron chi connectivity index (χ3n) is 2.87. The van der Waals surface area contributed by atoms with Gasteiger partial charge in [0.15, 0.2) is 0 Å². The van der Waals surface area contributed by atoms with E-state index in [9.17, 15) is 22.7 Å². The highest BCUT2D eigenvalue weighted by atomic mass is 35.5. The lowest BCUT2D eigenvalue weighted by molar-refractivity contribution is -0.137. The summed E-state index contributed by atoms with van der Waals surface area (Å²) < 4.78 is 50.4. The molecule has 0 bridgehead atoms. The van der Waals surface area contributed by atoms with Gasteiger partial charge in [-0.15, -0.1) is 0 Å². The Morgan fingerprint density at radius 3 is 2.43 bits per heavy atom. The summed E-state index contributed by atoms with van der Waals surface area (Å²) in [7, 11) is 0. The molecule has 0 saturated heterocycles. The van der Waals surface area contributed by atoms with Crippen molar-refractivity contribution in [3.8, 4) is 0 Å². The number of rotatable bonds is 3. The highest BCUT2D eigenvalue weighted by Gasteiger charge is 2.30. The number of pyridine rings is 1. The minimum absolute atomic E-state index is 0.0203. The molecule has 0 saturated carbocycles. The van der Waals surface area contributed by atoms with E-state index in [4.69, 9.17) is 11.6 Å². The number of aromatic nitrogens is 1. The quantitative estimate of drug-likeness (QED) is 0.861. The fourth-order valence-corrected chi connectivity index (χ4v) is 1.88. The van der Waals surface area contributed by atoms with Crippen LogP contribution in [-0.4, -0.2) is 10.1 Å². The van der Waals surface area contributed by atoms with Crippen molar-refractivity contribution in [2.45, 2.75) is 18.7 Å². The maximum Gasteiger partial charge on any atom is 0.417 e. The van der Waals surface area contributed by atoms with E-state index in [2.05, 4.69) is 4.98 Å². The highest BCUT2D eigenvalue weighted by Crippen LogP contribution is 2.29. The molecule has 0 radical (unpaired) electrons. The van der Waals surface area contributed by atoms with Gasteiger partial charge in [0, 0.05) is 12.6 Å². The van der Waals surface area contributed by atoms with Crippen molar-refractivity contribution in [1.82, 2.24) is 4.98 Å². The molecular formula is C14H10ClF4NO. The van der Waals surface area contributed by atoms with Crippen LogP contribution in [0.2, 0.25) is 5.02 Å². The Kier molecular flexibility index (Phi) is 4.49. The van der Waals surface area contributed by atoms with Gasteiger partial charge in [-0.2, -0.15) is 13.2 Å². The summed E-state index contributed by atoms with van der Waals surface area (Å²) in [6.07, 6.45) is -4.93. The molecule has 1 unspecified atom stereocenters. The van der Waals surface area contributed by atoms with Crippen LogP contribution in [0.5, 0.6) is 0 Å². The van der Waals surface area contributed by atoms with Crippen molar-refractivity contribution >= 4 is 11.6 Å². The molecule has 0 aliphatic carbocycles. The van der Waals surface area contributed by atoms with Gasteiger partial charge in [-0.25, -0.2) is 4.39 Å². The molecule has 112 valence electrons. The van der Waals surface area contributed by atoms with Crippen LogP contribution in [0.1, 0.15) is 22.9 Å². The predicted molar refractivity (Wildman–Crippen MR) is 69.3 cm³/mol. The first-order chi connectivity index (χ1) is 9.77. The number of halogens is 5. The second-order valence-corrected chi connectivity index (χ2v) is 4.85. The van der Waals surface area contributed by atoms with Gasteiger partial charge in [0.05, 0.1) is 22.4 Å². The molecule has 1 heterocycles. The zero-order valence-corrected chi connectivity index (χ0v) is 11.3. The van der Waals surface area contributed by atoms with Crippen LogP contribution >= 0.6 is 11.6 Å². The minimum atomic E-state index is -4.48. The Morgan fingerprint density at radius 2 is 1.90 bits per heavy atom. The van der Waals surface area contributed by atoms with Crippen molar-refractivity contribution in [2.24, 2.45) is 0 Å². The normalized spacial score (nSPS) is 13.2. The van der Waals surface area contributed by atoms with Crippen LogP contribution in [0.15, 0.2) is 36.5 Å². The molecule has 1 N–H and O–H groups in total. The first kappa shape index (κ1) is 15.7. The fraction of sp³-hybridized carbons (Fsp3) is 0.214. The standard InChI is InChI=1S/C14H10ClF4NO/c15-10-3-1-8(5-11(10)16)6-13(21)12-4-2-9(7-20-12)14(17,18)19/h1-5,7,13,21H,6H2. The first-order valence-corrected chi connectivity index (χ1v) is 6.30. The Balaban J connectivity index is 2.13. The van der Waals surface area contributed by atoms with E-state index >= 15 is 0 Å². The number of nitrogens with zero attached hydrogens (tertiary/aromatic N) is 1. The summed E-state index contributed by atoms with van der Waals surface area (Å²) in [5.41, 5.74) is -0.347. The van der Waals surface area contributed by atoms with Gasteiger partial charge in [-0.1, -0.05) is 17.7 Å². The average Bonchev–Trinajstić information content (AvgIpc) is 2.42. The van der Waals surface area contributed by atoms with Crippen molar-refractivity contribution in [3.63, 3.8) is 0 Å². The van der Waals surface area contributed by atoms with E-state index in [1.165, 1.54) is 12.1 Å². The SMILES string of the molecule is OC(Cc1ccc(Cl)c(F)c1)c1ccc(C(F)(F)F)cn1. The molecule has 1 atom stereocenters. The number of hydrogen-bond acceptors (Lipinski definition) is 2. The molecule has 0 aliphatic rings. The van der Waals surface area contributed by atoms with Gasteiger partial charge >= 0.3 is 6.18 Å². The molecule has 7 heteroatoms. The zero-order valence-electron chi connectivity index (χ0n) is 10.5. The van der Waals surface area contributed by atoms with Crippen LogP contribution in [0, 0.1) is 5.82 Å². The Morgan fingerprint density at radius 1 is 1.19 bits per heavy atom. The molecule has 0 aliphatic heterocycles. The summed E-state index contributed by atoms with van der Waals surface area (Å²) in [6, 6.07) is 5.97. The van der Waals surface area contributed by atoms with Gasteiger partial charge < -0.3 is 5.11 Å². The molecule has 2 aromatic rings. The largest absolute Gasteiger partial charge is 0.417 e. The van der Waals surface area contributed by atoms with E-state index in [1.807, 2.05) is 0 Å². The van der Waals surface area contributed by atoms with Crippen LogP contribution in [0.3, 0.4) is 0 Å². The van der Waals surface area contributed by atoms with E-state index in [1.54, 1.807) is 0 Å². The number of aliphatic hydroxyl groups is 1. The van der Waals surface area contributed by atoms with E-state index < -0.39 is 23.7 Å². The third kappa shape index (κ3) is 3.92. The highest BCUT2D eigenvalue weighted by molar-refractivity contribution is 6.30. The van der Waals surface area contributed by atoms with Crippen molar-refractivity contribution in [2.75, 3.05) is 0 Å². The molecule has 2 nitrogen and oxygen atoms in total. The molecule has 0 spiro atoms. The van der Waals surface area contributed by atoms with Crippen LogP contribution in [-0.2, 0) is 12.6 Å². The Bertz CT molecular complexity index is 628. The van der Waals surface area contributed by atoms with Gasteiger partial charge in [0.1, 0.15) is 5.82 Å². The van der Waals surface area contributed by atoms with Gasteiger partial charge in [-0.05, 0) is 29.8 Å². The third-order valence-corrected chi connectivity index (χ3v) is 3.17. The summed E-state index contributed by atoms with van der Waals surface area (Å²) in [5, 5.41) is 9.89. The van der Waals surface area contributed by atoms with Gasteiger partial charge in [0.25, 0.3) is 0 Å². The molecular weight excluding hydrogens is 310 g/mol. The Hall–Kier alpha value is -1.66. The lowest BCUT2D eigenvalue weighted by atomic mass is 10.0. The maximum atomic E-state index is 13.3. The lowest BCUT2D eigenvalue weighted by Crippen LogP contribution is -2.09. The van der Waals surface area contributed by atoms with Gasteiger partial charge in [-0.3, -0.25) is 4.98 Å². The molecule has 1 aromatic carbocycles.